The van der Waals surface area contributed by atoms with Gasteiger partial charge in [-0.05, 0) is 31.1 Å². The maximum atomic E-state index is 8.70. The molecular formula is C8H17NO. The molecule has 1 rings (SSSR count). The van der Waals surface area contributed by atoms with Crippen LogP contribution in [0.4, 0.5) is 0 Å². The van der Waals surface area contributed by atoms with Gasteiger partial charge < -0.3 is 5.21 Å². The zero-order valence-electron chi connectivity index (χ0n) is 6.80. The molecule has 0 aromatic rings. The van der Waals surface area contributed by atoms with Crippen molar-refractivity contribution in [3.8, 4) is 0 Å². The SMILES string of the molecule is CC1CCC(NO)C(C)C1. The molecule has 0 amide bonds. The van der Waals surface area contributed by atoms with E-state index in [9.17, 15) is 0 Å². The van der Waals surface area contributed by atoms with Crippen LogP contribution in [-0.2, 0) is 0 Å². The second-order valence-electron chi connectivity index (χ2n) is 3.63. The summed E-state index contributed by atoms with van der Waals surface area (Å²) in [5.41, 5.74) is 2.37. The van der Waals surface area contributed by atoms with Crippen LogP contribution in [-0.4, -0.2) is 11.2 Å². The van der Waals surface area contributed by atoms with Gasteiger partial charge >= 0.3 is 0 Å². The minimum atomic E-state index is 0.344. The zero-order chi connectivity index (χ0) is 7.56. The first-order valence-corrected chi connectivity index (χ1v) is 4.13. The van der Waals surface area contributed by atoms with Crippen LogP contribution in [0.25, 0.3) is 0 Å². The molecule has 3 atom stereocenters. The van der Waals surface area contributed by atoms with E-state index in [1.165, 1.54) is 12.8 Å². The summed E-state index contributed by atoms with van der Waals surface area (Å²) < 4.78 is 0. The van der Waals surface area contributed by atoms with E-state index in [-0.39, 0.29) is 0 Å². The Balaban J connectivity index is 2.36. The van der Waals surface area contributed by atoms with Crippen LogP contribution >= 0.6 is 0 Å². The minimum Gasteiger partial charge on any atom is -0.317 e. The molecule has 0 saturated heterocycles. The van der Waals surface area contributed by atoms with Gasteiger partial charge in [0, 0.05) is 6.04 Å². The summed E-state index contributed by atoms with van der Waals surface area (Å²) in [6, 6.07) is 0.344. The van der Waals surface area contributed by atoms with Gasteiger partial charge in [0.05, 0.1) is 0 Å². The summed E-state index contributed by atoms with van der Waals surface area (Å²) in [4.78, 5) is 0. The maximum Gasteiger partial charge on any atom is 0.0345 e. The molecule has 10 heavy (non-hydrogen) atoms. The van der Waals surface area contributed by atoms with E-state index in [2.05, 4.69) is 19.3 Å². The topological polar surface area (TPSA) is 32.3 Å². The van der Waals surface area contributed by atoms with E-state index in [1.54, 1.807) is 0 Å². The largest absolute Gasteiger partial charge is 0.317 e. The van der Waals surface area contributed by atoms with Crippen LogP contribution in [0.3, 0.4) is 0 Å². The molecule has 1 fully saturated rings. The Kier molecular flexibility index (Phi) is 2.69. The van der Waals surface area contributed by atoms with E-state index in [0.29, 0.717) is 12.0 Å². The molecule has 0 radical (unpaired) electrons. The standard InChI is InChI=1S/C8H17NO/c1-6-3-4-8(9-10)7(2)5-6/h6-10H,3-5H2,1-2H3. The Morgan fingerprint density at radius 3 is 2.50 bits per heavy atom. The molecular weight excluding hydrogens is 126 g/mol. The minimum absolute atomic E-state index is 0.344. The fourth-order valence-electron chi connectivity index (χ4n) is 1.86. The summed E-state index contributed by atoms with van der Waals surface area (Å²) >= 11 is 0. The van der Waals surface area contributed by atoms with Gasteiger partial charge in [-0.3, -0.25) is 0 Å². The molecule has 0 aromatic heterocycles. The second-order valence-corrected chi connectivity index (χ2v) is 3.63. The molecule has 1 saturated carbocycles. The Morgan fingerprint density at radius 2 is 2.00 bits per heavy atom. The third-order valence-corrected chi connectivity index (χ3v) is 2.60. The van der Waals surface area contributed by atoms with Crippen LogP contribution in [0.15, 0.2) is 0 Å². The van der Waals surface area contributed by atoms with Gasteiger partial charge in [0.15, 0.2) is 0 Å². The molecule has 60 valence electrons. The van der Waals surface area contributed by atoms with Crippen molar-refractivity contribution in [2.45, 2.75) is 39.2 Å². The van der Waals surface area contributed by atoms with Gasteiger partial charge in [-0.15, -0.1) is 0 Å². The number of nitrogens with one attached hydrogen (secondary N) is 1. The molecule has 1 aliphatic rings. The fraction of sp³-hybridized carbons (Fsp3) is 1.00. The lowest BCUT2D eigenvalue weighted by Gasteiger charge is -2.31. The lowest BCUT2D eigenvalue weighted by atomic mass is 9.80. The molecule has 0 bridgehead atoms. The summed E-state index contributed by atoms with van der Waals surface area (Å²) in [6.07, 6.45) is 3.62. The highest BCUT2D eigenvalue weighted by Gasteiger charge is 2.24. The first kappa shape index (κ1) is 8.02. The van der Waals surface area contributed by atoms with Gasteiger partial charge in [0.2, 0.25) is 0 Å². The van der Waals surface area contributed by atoms with E-state index >= 15 is 0 Å². The monoisotopic (exact) mass is 143 g/mol. The third-order valence-electron chi connectivity index (χ3n) is 2.60. The lowest BCUT2D eigenvalue weighted by molar-refractivity contribution is 0.0700. The Hall–Kier alpha value is -0.0800. The van der Waals surface area contributed by atoms with Crippen LogP contribution in [0, 0.1) is 11.8 Å². The average Bonchev–Trinajstić information content (AvgIpc) is 1.88. The maximum absolute atomic E-state index is 8.70. The van der Waals surface area contributed by atoms with E-state index in [0.717, 1.165) is 12.3 Å². The molecule has 0 spiro atoms. The van der Waals surface area contributed by atoms with Crippen LogP contribution in [0.2, 0.25) is 0 Å². The van der Waals surface area contributed by atoms with Crippen molar-refractivity contribution in [2.75, 3.05) is 0 Å². The van der Waals surface area contributed by atoms with Gasteiger partial charge in [-0.2, -0.15) is 0 Å². The molecule has 1 aliphatic carbocycles. The smallest absolute Gasteiger partial charge is 0.0345 e. The van der Waals surface area contributed by atoms with Crippen molar-refractivity contribution in [3.05, 3.63) is 0 Å². The first-order valence-electron chi connectivity index (χ1n) is 4.13. The Morgan fingerprint density at radius 1 is 1.30 bits per heavy atom. The van der Waals surface area contributed by atoms with Crippen molar-refractivity contribution in [1.82, 2.24) is 5.48 Å². The highest BCUT2D eigenvalue weighted by molar-refractivity contribution is 4.78. The van der Waals surface area contributed by atoms with Gasteiger partial charge in [-0.25, -0.2) is 5.48 Å². The van der Waals surface area contributed by atoms with Crippen LogP contribution in [0.5, 0.6) is 0 Å². The predicted octanol–water partition coefficient (Wildman–Crippen LogP) is 1.79. The van der Waals surface area contributed by atoms with Crippen molar-refractivity contribution in [1.29, 1.82) is 0 Å². The van der Waals surface area contributed by atoms with Crippen molar-refractivity contribution in [2.24, 2.45) is 11.8 Å². The van der Waals surface area contributed by atoms with E-state index < -0.39 is 0 Å². The van der Waals surface area contributed by atoms with Crippen molar-refractivity contribution in [3.63, 3.8) is 0 Å². The normalized spacial score (nSPS) is 41.7. The van der Waals surface area contributed by atoms with E-state index in [1.807, 2.05) is 0 Å². The van der Waals surface area contributed by atoms with Crippen LogP contribution in [0.1, 0.15) is 33.1 Å². The first-order chi connectivity index (χ1) is 4.74. The summed E-state index contributed by atoms with van der Waals surface area (Å²) in [7, 11) is 0. The highest BCUT2D eigenvalue weighted by Crippen LogP contribution is 2.27. The molecule has 3 unspecified atom stereocenters. The molecule has 2 N–H and O–H groups in total. The van der Waals surface area contributed by atoms with Crippen molar-refractivity contribution >= 4 is 0 Å². The zero-order valence-corrected chi connectivity index (χ0v) is 6.80. The number of hydrogen-bond donors (Lipinski definition) is 2. The number of rotatable bonds is 1. The molecule has 0 aromatic carbocycles. The fourth-order valence-corrected chi connectivity index (χ4v) is 1.86. The summed E-state index contributed by atoms with van der Waals surface area (Å²) in [6.45, 7) is 4.48. The van der Waals surface area contributed by atoms with Gasteiger partial charge in [0.25, 0.3) is 0 Å². The second kappa shape index (κ2) is 3.35. The summed E-state index contributed by atoms with van der Waals surface area (Å²) in [5.74, 6) is 1.48. The quantitative estimate of drug-likeness (QED) is 0.548. The number of hydrogen-bond acceptors (Lipinski definition) is 2. The van der Waals surface area contributed by atoms with Crippen molar-refractivity contribution < 1.29 is 5.21 Å². The van der Waals surface area contributed by atoms with E-state index in [4.69, 9.17) is 5.21 Å². The molecule has 2 heteroatoms. The average molecular weight is 143 g/mol. The highest BCUT2D eigenvalue weighted by atomic mass is 16.5. The molecule has 2 nitrogen and oxygen atoms in total. The predicted molar refractivity (Wildman–Crippen MR) is 40.9 cm³/mol. The number of hydroxylamine groups is 1. The van der Waals surface area contributed by atoms with Crippen LogP contribution < -0.4 is 5.48 Å². The molecule has 0 heterocycles. The van der Waals surface area contributed by atoms with Gasteiger partial charge in [-0.1, -0.05) is 13.8 Å². The van der Waals surface area contributed by atoms with Gasteiger partial charge in [0.1, 0.15) is 0 Å². The lowest BCUT2D eigenvalue weighted by Crippen LogP contribution is -2.36. The Bertz CT molecular complexity index is 105. The Labute approximate surface area is 62.6 Å². The third kappa shape index (κ3) is 1.70. The summed E-state index contributed by atoms with van der Waals surface area (Å²) in [5, 5.41) is 8.70. The molecule has 0 aliphatic heterocycles.